The highest BCUT2D eigenvalue weighted by Crippen LogP contribution is 2.26. The second-order valence-corrected chi connectivity index (χ2v) is 4.16. The van der Waals surface area contributed by atoms with Crippen LogP contribution in [0.15, 0.2) is 22.7 Å². The van der Waals surface area contributed by atoms with E-state index >= 15 is 0 Å². The number of benzene rings is 1. The smallest absolute Gasteiger partial charge is 0.147 e. The lowest BCUT2D eigenvalue weighted by Crippen LogP contribution is -2.19. The molecule has 1 aromatic carbocycles. The standard InChI is InChI=1S/C10H11BrFNO/c11-8-2-1-3-9(12)10(8)13-7-4-5-14-6-7/h1-3,7,13H,4-6H2. The second kappa shape index (κ2) is 4.28. The average Bonchev–Trinajstić information content (AvgIpc) is 2.64. The summed E-state index contributed by atoms with van der Waals surface area (Å²) in [5.74, 6) is -0.230. The molecule has 2 rings (SSSR count). The van der Waals surface area contributed by atoms with E-state index in [9.17, 15) is 4.39 Å². The number of hydrogen-bond acceptors (Lipinski definition) is 2. The van der Waals surface area contributed by atoms with Crippen LogP contribution in [0.1, 0.15) is 6.42 Å². The fraction of sp³-hybridized carbons (Fsp3) is 0.400. The zero-order valence-electron chi connectivity index (χ0n) is 7.59. The van der Waals surface area contributed by atoms with Gasteiger partial charge in [-0.25, -0.2) is 4.39 Å². The third-order valence-electron chi connectivity index (χ3n) is 2.24. The normalized spacial score (nSPS) is 21.1. The highest BCUT2D eigenvalue weighted by molar-refractivity contribution is 9.10. The first-order chi connectivity index (χ1) is 6.77. The van der Waals surface area contributed by atoms with Crippen molar-refractivity contribution < 1.29 is 9.13 Å². The van der Waals surface area contributed by atoms with E-state index in [1.165, 1.54) is 6.07 Å². The maximum atomic E-state index is 13.4. The van der Waals surface area contributed by atoms with Crippen LogP contribution in [0.3, 0.4) is 0 Å². The molecule has 0 radical (unpaired) electrons. The van der Waals surface area contributed by atoms with Crippen molar-refractivity contribution in [2.75, 3.05) is 18.5 Å². The van der Waals surface area contributed by atoms with Gasteiger partial charge in [-0.3, -0.25) is 0 Å². The zero-order chi connectivity index (χ0) is 9.97. The molecular weight excluding hydrogens is 249 g/mol. The number of anilines is 1. The van der Waals surface area contributed by atoms with Crippen LogP contribution in [-0.4, -0.2) is 19.3 Å². The van der Waals surface area contributed by atoms with Gasteiger partial charge in [-0.15, -0.1) is 0 Å². The molecule has 0 aliphatic carbocycles. The number of rotatable bonds is 2. The van der Waals surface area contributed by atoms with Crippen molar-refractivity contribution in [3.63, 3.8) is 0 Å². The van der Waals surface area contributed by atoms with E-state index in [-0.39, 0.29) is 11.9 Å². The number of nitrogens with one attached hydrogen (secondary N) is 1. The van der Waals surface area contributed by atoms with Crippen molar-refractivity contribution in [3.05, 3.63) is 28.5 Å². The summed E-state index contributed by atoms with van der Waals surface area (Å²) in [6.45, 7) is 1.41. The summed E-state index contributed by atoms with van der Waals surface area (Å²) in [4.78, 5) is 0. The largest absolute Gasteiger partial charge is 0.379 e. The predicted octanol–water partition coefficient (Wildman–Crippen LogP) is 2.79. The highest BCUT2D eigenvalue weighted by Gasteiger charge is 2.17. The van der Waals surface area contributed by atoms with Crippen molar-refractivity contribution in [1.82, 2.24) is 0 Å². The van der Waals surface area contributed by atoms with Gasteiger partial charge in [-0.1, -0.05) is 6.07 Å². The fourth-order valence-corrected chi connectivity index (χ4v) is 1.94. The summed E-state index contributed by atoms with van der Waals surface area (Å²) in [7, 11) is 0. The molecule has 1 aromatic rings. The Morgan fingerprint density at radius 1 is 1.50 bits per heavy atom. The molecule has 0 spiro atoms. The molecule has 1 aliphatic heterocycles. The van der Waals surface area contributed by atoms with Gasteiger partial charge in [-0.05, 0) is 34.5 Å². The van der Waals surface area contributed by atoms with Gasteiger partial charge in [0.15, 0.2) is 0 Å². The number of halogens is 2. The highest BCUT2D eigenvalue weighted by atomic mass is 79.9. The van der Waals surface area contributed by atoms with Crippen molar-refractivity contribution in [1.29, 1.82) is 0 Å². The molecule has 0 saturated carbocycles. The van der Waals surface area contributed by atoms with Crippen LogP contribution in [0.25, 0.3) is 0 Å². The third kappa shape index (κ3) is 2.07. The first-order valence-electron chi connectivity index (χ1n) is 4.55. The quantitative estimate of drug-likeness (QED) is 0.882. The van der Waals surface area contributed by atoms with E-state index in [0.717, 1.165) is 17.5 Å². The Morgan fingerprint density at radius 2 is 2.36 bits per heavy atom. The number of ether oxygens (including phenoxy) is 1. The van der Waals surface area contributed by atoms with Crippen LogP contribution in [0.2, 0.25) is 0 Å². The lowest BCUT2D eigenvalue weighted by atomic mass is 10.2. The van der Waals surface area contributed by atoms with Crippen LogP contribution >= 0.6 is 15.9 Å². The fourth-order valence-electron chi connectivity index (χ4n) is 1.49. The minimum atomic E-state index is -0.230. The molecule has 1 N–H and O–H groups in total. The maximum absolute atomic E-state index is 13.4. The molecule has 1 atom stereocenters. The van der Waals surface area contributed by atoms with E-state index < -0.39 is 0 Å². The van der Waals surface area contributed by atoms with Gasteiger partial charge >= 0.3 is 0 Å². The van der Waals surface area contributed by atoms with Gasteiger partial charge in [0.25, 0.3) is 0 Å². The summed E-state index contributed by atoms with van der Waals surface area (Å²) >= 11 is 3.31. The van der Waals surface area contributed by atoms with Gasteiger partial charge in [0.05, 0.1) is 18.3 Å². The summed E-state index contributed by atoms with van der Waals surface area (Å²) < 4.78 is 19.3. The van der Waals surface area contributed by atoms with E-state index in [4.69, 9.17) is 4.74 Å². The SMILES string of the molecule is Fc1cccc(Br)c1NC1CCOC1. The van der Waals surface area contributed by atoms with E-state index in [1.807, 2.05) is 6.07 Å². The molecular formula is C10H11BrFNO. The average molecular weight is 260 g/mol. The van der Waals surface area contributed by atoms with Crippen LogP contribution in [-0.2, 0) is 4.74 Å². The number of para-hydroxylation sites is 1. The zero-order valence-corrected chi connectivity index (χ0v) is 9.18. The summed E-state index contributed by atoms with van der Waals surface area (Å²) in [6.07, 6.45) is 0.931. The lowest BCUT2D eigenvalue weighted by Gasteiger charge is -2.14. The first kappa shape index (κ1) is 9.93. The topological polar surface area (TPSA) is 21.3 Å². The molecule has 1 saturated heterocycles. The Labute approximate surface area is 90.6 Å². The molecule has 1 fully saturated rings. The Hall–Kier alpha value is -0.610. The molecule has 0 bridgehead atoms. The number of hydrogen-bond donors (Lipinski definition) is 1. The van der Waals surface area contributed by atoms with Gasteiger partial charge < -0.3 is 10.1 Å². The van der Waals surface area contributed by atoms with Gasteiger partial charge in [0.2, 0.25) is 0 Å². The lowest BCUT2D eigenvalue weighted by molar-refractivity contribution is 0.195. The molecule has 1 unspecified atom stereocenters. The molecule has 2 nitrogen and oxygen atoms in total. The first-order valence-corrected chi connectivity index (χ1v) is 5.35. The van der Waals surface area contributed by atoms with Crippen LogP contribution in [0, 0.1) is 5.82 Å². The monoisotopic (exact) mass is 259 g/mol. The summed E-state index contributed by atoms with van der Waals surface area (Å²) in [6, 6.07) is 5.17. The van der Waals surface area contributed by atoms with Gasteiger partial charge in [0.1, 0.15) is 5.82 Å². The minimum Gasteiger partial charge on any atom is -0.379 e. The second-order valence-electron chi connectivity index (χ2n) is 3.30. The van der Waals surface area contributed by atoms with Crippen LogP contribution in [0.5, 0.6) is 0 Å². The van der Waals surface area contributed by atoms with E-state index in [2.05, 4.69) is 21.2 Å². The molecule has 76 valence electrons. The molecule has 1 aliphatic rings. The summed E-state index contributed by atoms with van der Waals surface area (Å²) in [5.41, 5.74) is 0.531. The van der Waals surface area contributed by atoms with Crippen molar-refractivity contribution in [3.8, 4) is 0 Å². The van der Waals surface area contributed by atoms with Crippen LogP contribution in [0.4, 0.5) is 10.1 Å². The Kier molecular flexibility index (Phi) is 3.03. The molecule has 0 amide bonds. The Morgan fingerprint density at radius 3 is 3.00 bits per heavy atom. The van der Waals surface area contributed by atoms with Gasteiger partial charge in [-0.2, -0.15) is 0 Å². The maximum Gasteiger partial charge on any atom is 0.147 e. The predicted molar refractivity (Wildman–Crippen MR) is 56.9 cm³/mol. The minimum absolute atomic E-state index is 0.225. The van der Waals surface area contributed by atoms with Gasteiger partial charge in [0, 0.05) is 11.1 Å². The van der Waals surface area contributed by atoms with Crippen molar-refractivity contribution in [2.45, 2.75) is 12.5 Å². The Bertz CT molecular complexity index is 306. The third-order valence-corrected chi connectivity index (χ3v) is 2.90. The van der Waals surface area contributed by atoms with E-state index in [1.54, 1.807) is 6.07 Å². The molecule has 4 heteroatoms. The molecule has 1 heterocycles. The van der Waals surface area contributed by atoms with E-state index in [0.29, 0.717) is 12.3 Å². The van der Waals surface area contributed by atoms with Crippen LogP contribution < -0.4 is 5.32 Å². The van der Waals surface area contributed by atoms with Crippen molar-refractivity contribution >= 4 is 21.6 Å². The Balaban J connectivity index is 2.14. The molecule has 0 aromatic heterocycles. The van der Waals surface area contributed by atoms with Crippen molar-refractivity contribution in [2.24, 2.45) is 0 Å². The molecule has 14 heavy (non-hydrogen) atoms. The summed E-state index contributed by atoms with van der Waals surface area (Å²) in [5, 5.41) is 3.13.